The molecule has 2 bridgehead atoms. The summed E-state index contributed by atoms with van der Waals surface area (Å²) < 4.78 is 0. The van der Waals surface area contributed by atoms with Gasteiger partial charge in [-0.3, -0.25) is 14.5 Å². The van der Waals surface area contributed by atoms with Crippen molar-refractivity contribution >= 4 is 11.9 Å². The minimum absolute atomic E-state index is 0.0797. The molecule has 3 aliphatic rings. The highest BCUT2D eigenvalue weighted by Gasteiger charge is 2.49. The first-order valence-corrected chi connectivity index (χ1v) is 8.22. The van der Waals surface area contributed by atoms with Crippen molar-refractivity contribution in [3.8, 4) is 0 Å². The summed E-state index contributed by atoms with van der Waals surface area (Å²) in [5.41, 5.74) is 0. The van der Waals surface area contributed by atoms with Gasteiger partial charge in [0.1, 0.15) is 0 Å². The molecule has 21 heavy (non-hydrogen) atoms. The second-order valence-corrected chi connectivity index (χ2v) is 7.40. The van der Waals surface area contributed by atoms with Crippen molar-refractivity contribution in [1.82, 2.24) is 9.80 Å². The van der Waals surface area contributed by atoms with Crippen LogP contribution >= 0.6 is 0 Å². The van der Waals surface area contributed by atoms with Crippen LogP contribution in [-0.2, 0) is 9.59 Å². The Kier molecular flexibility index (Phi) is 3.95. The maximum Gasteiger partial charge on any atom is 0.308 e. The standard InChI is InChI=1S/C16H26N2O3/c1-10-5-11(2)8-17(7-10)15(19)9-18-12-3-4-14(18)13(6-12)16(20)21/h10-14H,3-9H2,1-2H3,(H,20,21). The average Bonchev–Trinajstić information content (AvgIpc) is 2.94. The molecule has 5 nitrogen and oxygen atoms in total. The van der Waals surface area contributed by atoms with E-state index >= 15 is 0 Å². The Morgan fingerprint density at radius 3 is 2.33 bits per heavy atom. The molecule has 1 amide bonds. The molecule has 5 atom stereocenters. The van der Waals surface area contributed by atoms with Crippen LogP contribution in [0.1, 0.15) is 39.5 Å². The SMILES string of the molecule is CC1CC(C)CN(C(=O)CN2C3CCC2C(C(=O)O)C3)C1. The number of carboxylic acids is 1. The van der Waals surface area contributed by atoms with Crippen molar-refractivity contribution in [2.75, 3.05) is 19.6 Å². The van der Waals surface area contributed by atoms with E-state index < -0.39 is 5.97 Å². The van der Waals surface area contributed by atoms with Crippen LogP contribution in [0.3, 0.4) is 0 Å². The van der Waals surface area contributed by atoms with E-state index in [1.54, 1.807) is 0 Å². The van der Waals surface area contributed by atoms with Gasteiger partial charge in [-0.1, -0.05) is 13.8 Å². The molecule has 0 aliphatic carbocycles. The highest BCUT2D eigenvalue weighted by molar-refractivity contribution is 5.79. The van der Waals surface area contributed by atoms with Crippen LogP contribution in [0, 0.1) is 17.8 Å². The molecule has 5 unspecified atom stereocenters. The zero-order valence-corrected chi connectivity index (χ0v) is 13.0. The number of likely N-dealkylation sites (tertiary alicyclic amines) is 1. The molecule has 3 aliphatic heterocycles. The summed E-state index contributed by atoms with van der Waals surface area (Å²) in [5, 5.41) is 9.28. The van der Waals surface area contributed by atoms with Gasteiger partial charge in [0.15, 0.2) is 0 Å². The number of amides is 1. The molecule has 3 fully saturated rings. The van der Waals surface area contributed by atoms with E-state index in [-0.39, 0.29) is 17.9 Å². The lowest BCUT2D eigenvalue weighted by Crippen LogP contribution is -2.48. The largest absolute Gasteiger partial charge is 0.481 e. The third kappa shape index (κ3) is 2.80. The van der Waals surface area contributed by atoms with Gasteiger partial charge in [-0.15, -0.1) is 0 Å². The van der Waals surface area contributed by atoms with Crippen LogP contribution in [0.15, 0.2) is 0 Å². The number of carbonyl (C=O) groups excluding carboxylic acids is 1. The number of rotatable bonds is 3. The fourth-order valence-corrected chi connectivity index (χ4v) is 4.74. The first-order valence-electron chi connectivity index (χ1n) is 8.22. The molecular formula is C16H26N2O3. The lowest BCUT2D eigenvalue weighted by atomic mass is 9.89. The Hall–Kier alpha value is -1.10. The predicted molar refractivity (Wildman–Crippen MR) is 78.8 cm³/mol. The molecule has 0 aromatic heterocycles. The number of fused-ring (bicyclic) bond motifs is 2. The van der Waals surface area contributed by atoms with E-state index in [1.165, 1.54) is 6.42 Å². The van der Waals surface area contributed by atoms with Gasteiger partial charge in [0.05, 0.1) is 12.5 Å². The van der Waals surface area contributed by atoms with Gasteiger partial charge in [0, 0.05) is 25.2 Å². The molecular weight excluding hydrogens is 268 g/mol. The van der Waals surface area contributed by atoms with Crippen molar-refractivity contribution in [2.24, 2.45) is 17.8 Å². The van der Waals surface area contributed by atoms with Crippen molar-refractivity contribution in [2.45, 2.75) is 51.6 Å². The molecule has 118 valence electrons. The van der Waals surface area contributed by atoms with Gasteiger partial charge in [0.2, 0.25) is 5.91 Å². The molecule has 0 saturated carbocycles. The van der Waals surface area contributed by atoms with Gasteiger partial charge in [-0.25, -0.2) is 0 Å². The normalized spacial score (nSPS) is 39.7. The highest BCUT2D eigenvalue weighted by atomic mass is 16.4. The monoisotopic (exact) mass is 294 g/mol. The highest BCUT2D eigenvalue weighted by Crippen LogP contribution is 2.41. The molecule has 3 heterocycles. The fraction of sp³-hybridized carbons (Fsp3) is 0.875. The van der Waals surface area contributed by atoms with Gasteiger partial charge in [-0.2, -0.15) is 0 Å². The summed E-state index contributed by atoms with van der Waals surface area (Å²) in [6, 6.07) is 0.385. The van der Waals surface area contributed by atoms with Gasteiger partial charge < -0.3 is 10.0 Å². The lowest BCUT2D eigenvalue weighted by molar-refractivity contribution is -0.143. The smallest absolute Gasteiger partial charge is 0.308 e. The Bertz CT molecular complexity index is 429. The molecule has 1 N–H and O–H groups in total. The molecule has 0 radical (unpaired) electrons. The number of aliphatic carboxylic acids is 1. The van der Waals surface area contributed by atoms with Crippen molar-refractivity contribution in [3.05, 3.63) is 0 Å². The van der Waals surface area contributed by atoms with E-state index in [1.807, 2.05) is 4.90 Å². The van der Waals surface area contributed by atoms with Gasteiger partial charge >= 0.3 is 5.97 Å². The molecule has 0 aromatic carbocycles. The topological polar surface area (TPSA) is 60.9 Å². The van der Waals surface area contributed by atoms with Gasteiger partial charge in [-0.05, 0) is 37.5 Å². The van der Waals surface area contributed by atoms with Crippen molar-refractivity contribution < 1.29 is 14.7 Å². The maximum atomic E-state index is 12.6. The van der Waals surface area contributed by atoms with E-state index in [0.717, 1.165) is 32.4 Å². The summed E-state index contributed by atoms with van der Waals surface area (Å²) in [6.45, 7) is 6.54. The Balaban J connectivity index is 1.62. The zero-order chi connectivity index (χ0) is 15.1. The minimum atomic E-state index is -0.695. The molecule has 3 saturated heterocycles. The number of hydrogen-bond donors (Lipinski definition) is 1. The summed E-state index contributed by atoms with van der Waals surface area (Å²) in [5.74, 6) is 0.367. The van der Waals surface area contributed by atoms with Crippen molar-refractivity contribution in [3.63, 3.8) is 0 Å². The predicted octanol–water partition coefficient (Wildman–Crippen LogP) is 1.43. The first-order chi connectivity index (χ1) is 9.95. The average molecular weight is 294 g/mol. The van der Waals surface area contributed by atoms with E-state index in [4.69, 9.17) is 0 Å². The number of carboxylic acid groups (broad SMARTS) is 1. The van der Waals surface area contributed by atoms with Crippen LogP contribution in [0.2, 0.25) is 0 Å². The summed E-state index contributed by atoms with van der Waals surface area (Å²) >= 11 is 0. The maximum absolute atomic E-state index is 12.6. The number of nitrogens with zero attached hydrogens (tertiary/aromatic N) is 2. The van der Waals surface area contributed by atoms with Crippen molar-refractivity contribution in [1.29, 1.82) is 0 Å². The number of hydrogen-bond acceptors (Lipinski definition) is 3. The third-order valence-electron chi connectivity index (χ3n) is 5.54. The van der Waals surface area contributed by atoms with Gasteiger partial charge in [0.25, 0.3) is 0 Å². The summed E-state index contributed by atoms with van der Waals surface area (Å²) in [6.07, 6.45) is 3.90. The van der Waals surface area contributed by atoms with Crippen LogP contribution in [0.5, 0.6) is 0 Å². The van der Waals surface area contributed by atoms with E-state index in [2.05, 4.69) is 18.7 Å². The molecule has 3 rings (SSSR count). The zero-order valence-electron chi connectivity index (χ0n) is 13.0. The Morgan fingerprint density at radius 2 is 1.76 bits per heavy atom. The minimum Gasteiger partial charge on any atom is -0.481 e. The van der Waals surface area contributed by atoms with Crippen LogP contribution in [0.4, 0.5) is 0 Å². The summed E-state index contributed by atoms with van der Waals surface area (Å²) in [7, 11) is 0. The molecule has 5 heteroatoms. The molecule has 0 aromatic rings. The van der Waals surface area contributed by atoms with Crippen LogP contribution < -0.4 is 0 Å². The first kappa shape index (κ1) is 14.8. The van der Waals surface area contributed by atoms with E-state index in [9.17, 15) is 14.7 Å². The number of piperidine rings is 1. The fourth-order valence-electron chi connectivity index (χ4n) is 4.74. The second kappa shape index (κ2) is 5.59. The van der Waals surface area contributed by atoms with Crippen LogP contribution in [0.25, 0.3) is 0 Å². The Morgan fingerprint density at radius 1 is 1.10 bits per heavy atom. The molecule has 0 spiro atoms. The lowest BCUT2D eigenvalue weighted by Gasteiger charge is -2.36. The Labute approximate surface area is 126 Å². The van der Waals surface area contributed by atoms with Crippen LogP contribution in [-0.4, -0.2) is 58.5 Å². The summed E-state index contributed by atoms with van der Waals surface area (Å²) in [4.78, 5) is 28.0. The quantitative estimate of drug-likeness (QED) is 0.855. The third-order valence-corrected chi connectivity index (χ3v) is 5.54. The second-order valence-electron chi connectivity index (χ2n) is 7.40. The number of carbonyl (C=O) groups is 2. The van der Waals surface area contributed by atoms with E-state index in [0.29, 0.717) is 24.4 Å².